The number of anilines is 2. The van der Waals surface area contributed by atoms with E-state index in [1.807, 2.05) is 32.4 Å². The molecule has 0 fully saturated rings. The fraction of sp³-hybridized carbons (Fsp3) is 0.421. The van der Waals surface area contributed by atoms with Crippen molar-refractivity contribution in [1.82, 2.24) is 4.98 Å². The van der Waals surface area contributed by atoms with E-state index in [-0.39, 0.29) is 12.6 Å². The predicted octanol–water partition coefficient (Wildman–Crippen LogP) is 3.17. The molecule has 1 heterocycles. The maximum atomic E-state index is 9.88. The lowest BCUT2D eigenvalue weighted by Crippen LogP contribution is -2.18. The van der Waals surface area contributed by atoms with Crippen LogP contribution in [0.4, 0.5) is 11.4 Å². The van der Waals surface area contributed by atoms with Gasteiger partial charge in [0, 0.05) is 37.4 Å². The highest BCUT2D eigenvalue weighted by Crippen LogP contribution is 2.29. The highest BCUT2D eigenvalue weighted by Gasteiger charge is 2.17. The van der Waals surface area contributed by atoms with Gasteiger partial charge < -0.3 is 15.3 Å². The SMILES string of the molecule is CN(C)c1cccc([C@H](CO)Nc2ccnc3c2CCCC3)c1. The highest BCUT2D eigenvalue weighted by molar-refractivity contribution is 5.56. The maximum absolute atomic E-state index is 9.88. The second kappa shape index (κ2) is 7.01. The van der Waals surface area contributed by atoms with Gasteiger partial charge in [-0.1, -0.05) is 12.1 Å². The third-order valence-corrected chi connectivity index (χ3v) is 4.54. The van der Waals surface area contributed by atoms with Gasteiger partial charge in [-0.05, 0) is 55.0 Å². The lowest BCUT2D eigenvalue weighted by molar-refractivity contribution is 0.276. The number of fused-ring (bicyclic) bond motifs is 1. The predicted molar refractivity (Wildman–Crippen MR) is 95.1 cm³/mol. The highest BCUT2D eigenvalue weighted by atomic mass is 16.3. The average molecular weight is 311 g/mol. The zero-order valence-corrected chi connectivity index (χ0v) is 13.9. The van der Waals surface area contributed by atoms with Crippen LogP contribution in [0.5, 0.6) is 0 Å². The van der Waals surface area contributed by atoms with E-state index in [0.29, 0.717) is 0 Å². The van der Waals surface area contributed by atoms with Crippen molar-refractivity contribution in [3.05, 3.63) is 53.3 Å². The monoisotopic (exact) mass is 311 g/mol. The number of aromatic nitrogens is 1. The van der Waals surface area contributed by atoms with Crippen LogP contribution in [-0.4, -0.2) is 30.8 Å². The summed E-state index contributed by atoms with van der Waals surface area (Å²) in [6.07, 6.45) is 6.44. The molecule has 1 aliphatic carbocycles. The van der Waals surface area contributed by atoms with Gasteiger partial charge in [-0.25, -0.2) is 0 Å². The van der Waals surface area contributed by atoms with Crippen LogP contribution in [0.25, 0.3) is 0 Å². The Morgan fingerprint density at radius 3 is 2.83 bits per heavy atom. The first-order valence-corrected chi connectivity index (χ1v) is 8.30. The number of benzene rings is 1. The Hall–Kier alpha value is -2.07. The molecule has 1 aliphatic rings. The number of aliphatic hydroxyl groups excluding tert-OH is 1. The summed E-state index contributed by atoms with van der Waals surface area (Å²) in [6, 6.07) is 10.2. The molecule has 0 aliphatic heterocycles. The number of hydrogen-bond acceptors (Lipinski definition) is 4. The van der Waals surface area contributed by atoms with E-state index in [1.54, 1.807) is 0 Å². The number of rotatable bonds is 5. The first-order valence-electron chi connectivity index (χ1n) is 8.30. The number of pyridine rings is 1. The largest absolute Gasteiger partial charge is 0.394 e. The van der Waals surface area contributed by atoms with Crippen molar-refractivity contribution in [3.63, 3.8) is 0 Å². The second-order valence-electron chi connectivity index (χ2n) is 6.36. The van der Waals surface area contributed by atoms with Crippen molar-refractivity contribution in [2.75, 3.05) is 30.9 Å². The molecule has 23 heavy (non-hydrogen) atoms. The first-order chi connectivity index (χ1) is 11.2. The van der Waals surface area contributed by atoms with Crippen LogP contribution in [0.2, 0.25) is 0 Å². The van der Waals surface area contributed by atoms with Gasteiger partial charge in [0.2, 0.25) is 0 Å². The number of aryl methyl sites for hydroxylation is 1. The molecule has 0 saturated carbocycles. The van der Waals surface area contributed by atoms with Gasteiger partial charge in [0.25, 0.3) is 0 Å². The molecule has 4 heteroatoms. The van der Waals surface area contributed by atoms with Gasteiger partial charge >= 0.3 is 0 Å². The molecular formula is C19H25N3O. The van der Waals surface area contributed by atoms with Crippen LogP contribution in [-0.2, 0) is 12.8 Å². The van der Waals surface area contributed by atoms with Gasteiger partial charge in [0.05, 0.1) is 12.6 Å². The van der Waals surface area contributed by atoms with E-state index in [2.05, 4.69) is 33.4 Å². The average Bonchev–Trinajstić information content (AvgIpc) is 2.60. The zero-order chi connectivity index (χ0) is 16.2. The van der Waals surface area contributed by atoms with E-state index < -0.39 is 0 Å². The minimum Gasteiger partial charge on any atom is -0.394 e. The van der Waals surface area contributed by atoms with Crippen molar-refractivity contribution in [1.29, 1.82) is 0 Å². The Morgan fingerprint density at radius 1 is 1.22 bits per heavy atom. The smallest absolute Gasteiger partial charge is 0.0745 e. The fourth-order valence-electron chi connectivity index (χ4n) is 3.20. The third kappa shape index (κ3) is 3.48. The molecule has 0 unspecified atom stereocenters. The van der Waals surface area contributed by atoms with Crippen molar-refractivity contribution in [2.24, 2.45) is 0 Å². The third-order valence-electron chi connectivity index (χ3n) is 4.54. The van der Waals surface area contributed by atoms with Crippen molar-refractivity contribution >= 4 is 11.4 Å². The van der Waals surface area contributed by atoms with Gasteiger partial charge in [-0.2, -0.15) is 0 Å². The van der Waals surface area contributed by atoms with Crippen LogP contribution in [0.3, 0.4) is 0 Å². The van der Waals surface area contributed by atoms with Crippen molar-refractivity contribution < 1.29 is 5.11 Å². The molecule has 122 valence electrons. The molecule has 0 spiro atoms. The summed E-state index contributed by atoms with van der Waals surface area (Å²) >= 11 is 0. The minimum atomic E-state index is -0.108. The van der Waals surface area contributed by atoms with E-state index in [9.17, 15) is 5.11 Å². The Bertz CT molecular complexity index is 669. The number of nitrogens with zero attached hydrogens (tertiary/aromatic N) is 2. The Kier molecular flexibility index (Phi) is 4.82. The van der Waals surface area contributed by atoms with Crippen LogP contribution in [0.15, 0.2) is 36.5 Å². The van der Waals surface area contributed by atoms with Crippen molar-refractivity contribution in [3.8, 4) is 0 Å². The zero-order valence-electron chi connectivity index (χ0n) is 13.9. The Morgan fingerprint density at radius 2 is 2.04 bits per heavy atom. The summed E-state index contributed by atoms with van der Waals surface area (Å²) < 4.78 is 0. The van der Waals surface area contributed by atoms with E-state index >= 15 is 0 Å². The summed E-state index contributed by atoms with van der Waals surface area (Å²) in [4.78, 5) is 6.59. The fourth-order valence-corrected chi connectivity index (χ4v) is 3.20. The van der Waals surface area contributed by atoms with Crippen LogP contribution in [0, 0.1) is 0 Å². The molecule has 0 amide bonds. The molecule has 1 aromatic carbocycles. The molecule has 0 saturated heterocycles. The summed E-state index contributed by atoms with van der Waals surface area (Å²) in [7, 11) is 4.06. The van der Waals surface area contributed by atoms with E-state index in [4.69, 9.17) is 0 Å². The lowest BCUT2D eigenvalue weighted by atomic mass is 9.94. The first kappa shape index (κ1) is 15.8. The normalized spacial score (nSPS) is 14.9. The van der Waals surface area contributed by atoms with Crippen LogP contribution >= 0.6 is 0 Å². The Balaban J connectivity index is 1.87. The minimum absolute atomic E-state index is 0.0635. The molecule has 1 aromatic heterocycles. The summed E-state index contributed by atoms with van der Waals surface area (Å²) in [5.41, 5.74) is 5.88. The molecule has 2 N–H and O–H groups in total. The Labute approximate surface area is 138 Å². The summed E-state index contributed by atoms with van der Waals surface area (Å²) in [5, 5.41) is 13.4. The topological polar surface area (TPSA) is 48.4 Å². The molecule has 0 bridgehead atoms. The molecule has 3 rings (SSSR count). The number of nitrogens with one attached hydrogen (secondary N) is 1. The van der Waals surface area contributed by atoms with Gasteiger partial charge in [-0.15, -0.1) is 0 Å². The molecular weight excluding hydrogens is 286 g/mol. The quantitative estimate of drug-likeness (QED) is 0.890. The summed E-state index contributed by atoms with van der Waals surface area (Å²) in [5.74, 6) is 0. The standard InChI is InChI=1S/C19H25N3O/c1-22(2)15-7-5-6-14(12-15)19(13-23)21-18-10-11-20-17-9-4-3-8-16(17)18/h5-7,10-12,19,23H,3-4,8-9,13H2,1-2H3,(H,20,21)/t19-/m0/s1. The second-order valence-corrected chi connectivity index (χ2v) is 6.36. The van der Waals surface area contributed by atoms with Gasteiger partial charge in [0.15, 0.2) is 0 Å². The molecule has 0 radical (unpaired) electrons. The van der Waals surface area contributed by atoms with Crippen LogP contribution < -0.4 is 10.2 Å². The lowest BCUT2D eigenvalue weighted by Gasteiger charge is -2.24. The molecule has 4 nitrogen and oxygen atoms in total. The molecule has 2 aromatic rings. The van der Waals surface area contributed by atoms with E-state index in [0.717, 1.165) is 29.8 Å². The van der Waals surface area contributed by atoms with Crippen molar-refractivity contribution in [2.45, 2.75) is 31.7 Å². The summed E-state index contributed by atoms with van der Waals surface area (Å²) in [6.45, 7) is 0.0635. The number of aliphatic hydroxyl groups is 1. The van der Waals surface area contributed by atoms with Gasteiger partial charge in [0.1, 0.15) is 0 Å². The molecule has 1 atom stereocenters. The number of hydrogen-bond donors (Lipinski definition) is 2. The van der Waals surface area contributed by atoms with E-state index in [1.165, 1.54) is 24.1 Å². The maximum Gasteiger partial charge on any atom is 0.0745 e. The van der Waals surface area contributed by atoms with Crippen LogP contribution in [0.1, 0.15) is 35.7 Å². The van der Waals surface area contributed by atoms with Gasteiger partial charge in [-0.3, -0.25) is 4.98 Å².